The predicted octanol–water partition coefficient (Wildman–Crippen LogP) is 5.35. The quantitative estimate of drug-likeness (QED) is 0.721. The molecule has 0 saturated carbocycles. The largest absolute Gasteiger partial charge is 0.417 e. The number of alkyl halides is 3. The lowest BCUT2D eigenvalue weighted by Gasteiger charge is -2.13. The first-order valence-corrected chi connectivity index (χ1v) is 8.03. The molecule has 1 unspecified atom stereocenters. The Morgan fingerprint density at radius 3 is 2.64 bits per heavy atom. The van der Waals surface area contributed by atoms with Gasteiger partial charge >= 0.3 is 6.18 Å². The molecule has 0 spiro atoms. The summed E-state index contributed by atoms with van der Waals surface area (Å²) in [7, 11) is 0. The normalized spacial score (nSPS) is 12.3. The molecule has 3 nitrogen and oxygen atoms in total. The van der Waals surface area contributed by atoms with E-state index >= 15 is 0 Å². The van der Waals surface area contributed by atoms with Crippen LogP contribution in [0.4, 0.5) is 19.0 Å². The Bertz CT molecular complexity index is 826. The summed E-state index contributed by atoms with van der Waals surface area (Å²) < 4.78 is 39.0. The summed E-state index contributed by atoms with van der Waals surface area (Å²) in [6.45, 7) is 3.58. The van der Waals surface area contributed by atoms with Crippen molar-refractivity contribution in [3.63, 3.8) is 0 Å². The average molecular weight is 388 g/mol. The Labute approximate surface area is 153 Å². The van der Waals surface area contributed by atoms with Crippen LogP contribution in [0.5, 0.6) is 0 Å². The van der Waals surface area contributed by atoms with E-state index in [-0.39, 0.29) is 16.6 Å². The third kappa shape index (κ3) is 5.25. The van der Waals surface area contributed by atoms with Gasteiger partial charge in [-0.25, -0.2) is 9.97 Å². The van der Waals surface area contributed by atoms with Gasteiger partial charge < -0.3 is 5.32 Å². The van der Waals surface area contributed by atoms with Gasteiger partial charge in [0.1, 0.15) is 17.2 Å². The number of aromatic nitrogens is 2. The highest BCUT2D eigenvalue weighted by molar-refractivity contribution is 6.33. The molecule has 0 aliphatic carbocycles. The van der Waals surface area contributed by atoms with Crippen molar-refractivity contribution >= 4 is 29.0 Å². The number of hydrogen-bond acceptors (Lipinski definition) is 3. The van der Waals surface area contributed by atoms with E-state index in [9.17, 15) is 13.2 Å². The van der Waals surface area contributed by atoms with Gasteiger partial charge in [-0.1, -0.05) is 35.0 Å². The van der Waals surface area contributed by atoms with Crippen molar-refractivity contribution in [1.82, 2.24) is 9.97 Å². The zero-order valence-electron chi connectivity index (χ0n) is 13.4. The highest BCUT2D eigenvalue weighted by Gasteiger charge is 2.33. The molecule has 0 aliphatic rings. The first kappa shape index (κ1) is 19.4. The van der Waals surface area contributed by atoms with Gasteiger partial charge in [0.05, 0.1) is 11.3 Å². The smallest absolute Gasteiger partial charge is 0.365 e. The van der Waals surface area contributed by atoms with E-state index in [1.807, 2.05) is 6.92 Å². The molecule has 2 aromatic rings. The van der Waals surface area contributed by atoms with E-state index in [0.29, 0.717) is 23.0 Å². The number of aryl methyl sites for hydroxylation is 1. The minimum absolute atomic E-state index is 0.0154. The van der Waals surface area contributed by atoms with Crippen LogP contribution in [0.25, 0.3) is 0 Å². The van der Waals surface area contributed by atoms with Gasteiger partial charge in [0, 0.05) is 23.0 Å². The first-order chi connectivity index (χ1) is 11.7. The van der Waals surface area contributed by atoms with Gasteiger partial charge in [0.15, 0.2) is 0 Å². The van der Waals surface area contributed by atoms with Crippen molar-refractivity contribution in [1.29, 1.82) is 0 Å². The Morgan fingerprint density at radius 2 is 1.96 bits per heavy atom. The lowest BCUT2D eigenvalue weighted by Crippen LogP contribution is -2.16. The van der Waals surface area contributed by atoms with Crippen LogP contribution in [0.1, 0.15) is 30.2 Å². The molecule has 1 atom stereocenters. The van der Waals surface area contributed by atoms with Crippen molar-refractivity contribution in [2.45, 2.75) is 32.5 Å². The molecule has 0 bridgehead atoms. The second-order valence-corrected chi connectivity index (χ2v) is 6.18. The van der Waals surface area contributed by atoms with Crippen molar-refractivity contribution in [2.75, 3.05) is 5.32 Å². The molecular weight excluding hydrogens is 374 g/mol. The molecule has 1 heterocycles. The van der Waals surface area contributed by atoms with Gasteiger partial charge in [-0.05, 0) is 32.0 Å². The van der Waals surface area contributed by atoms with Crippen LogP contribution in [-0.2, 0) is 6.18 Å². The van der Waals surface area contributed by atoms with E-state index in [0.717, 1.165) is 6.07 Å². The summed E-state index contributed by atoms with van der Waals surface area (Å²) in [5, 5.41) is 3.48. The number of hydrogen-bond donors (Lipinski definition) is 1. The first-order valence-electron chi connectivity index (χ1n) is 7.27. The maximum absolute atomic E-state index is 13.0. The standard InChI is InChI=1S/C17H14Cl2F3N3/c1-10(25-16-15(19)11(2)23-9-24-16)4-3-5-12-6-7-13(18)8-14(12)17(20,21)22/h6-10H,4H2,1-2H3,(H,23,24,25). The van der Waals surface area contributed by atoms with Gasteiger partial charge in [-0.15, -0.1) is 0 Å². The average Bonchev–Trinajstić information content (AvgIpc) is 2.52. The third-order valence-corrected chi connectivity index (χ3v) is 3.95. The molecular formula is C17H14Cl2F3N3. The van der Waals surface area contributed by atoms with Crippen LogP contribution in [0.3, 0.4) is 0 Å². The van der Waals surface area contributed by atoms with E-state index < -0.39 is 11.7 Å². The van der Waals surface area contributed by atoms with Crippen molar-refractivity contribution in [3.8, 4) is 11.8 Å². The van der Waals surface area contributed by atoms with Crippen LogP contribution in [-0.4, -0.2) is 16.0 Å². The number of nitrogens with zero attached hydrogens (tertiary/aromatic N) is 2. The Hall–Kier alpha value is -1.97. The van der Waals surface area contributed by atoms with E-state index in [1.165, 1.54) is 18.5 Å². The molecule has 132 valence electrons. The molecule has 0 saturated heterocycles. The zero-order chi connectivity index (χ0) is 18.6. The number of benzene rings is 1. The van der Waals surface area contributed by atoms with Crippen molar-refractivity contribution in [3.05, 3.63) is 51.4 Å². The van der Waals surface area contributed by atoms with Gasteiger partial charge in [-0.3, -0.25) is 0 Å². The van der Waals surface area contributed by atoms with Crippen LogP contribution in [0.2, 0.25) is 10.0 Å². The number of halogens is 5. The fraction of sp³-hybridized carbons (Fsp3) is 0.294. The summed E-state index contributed by atoms with van der Waals surface area (Å²) in [4.78, 5) is 8.00. The topological polar surface area (TPSA) is 37.8 Å². The molecule has 0 fully saturated rings. The van der Waals surface area contributed by atoms with Crippen LogP contribution < -0.4 is 5.32 Å². The fourth-order valence-electron chi connectivity index (χ4n) is 2.00. The highest BCUT2D eigenvalue weighted by atomic mass is 35.5. The maximum Gasteiger partial charge on any atom is 0.417 e. The Kier molecular flexibility index (Phi) is 6.15. The van der Waals surface area contributed by atoms with E-state index in [2.05, 4.69) is 27.1 Å². The number of nitrogens with one attached hydrogen (secondary N) is 1. The SMILES string of the molecule is Cc1ncnc(NC(C)CC#Cc2ccc(Cl)cc2C(F)(F)F)c1Cl. The zero-order valence-corrected chi connectivity index (χ0v) is 14.9. The summed E-state index contributed by atoms with van der Waals surface area (Å²) in [5.41, 5.74) is -0.323. The summed E-state index contributed by atoms with van der Waals surface area (Å²) in [5.74, 6) is 5.76. The fourth-order valence-corrected chi connectivity index (χ4v) is 2.33. The van der Waals surface area contributed by atoms with Crippen molar-refractivity contribution < 1.29 is 13.2 Å². The monoisotopic (exact) mass is 387 g/mol. The third-order valence-electron chi connectivity index (χ3n) is 3.27. The van der Waals surface area contributed by atoms with E-state index in [4.69, 9.17) is 23.2 Å². The summed E-state index contributed by atoms with van der Waals surface area (Å²) in [6.07, 6.45) is -2.82. The van der Waals surface area contributed by atoms with Crippen LogP contribution >= 0.6 is 23.2 Å². The summed E-state index contributed by atoms with van der Waals surface area (Å²) >= 11 is 11.7. The minimum Gasteiger partial charge on any atom is -0.365 e. The molecule has 1 N–H and O–H groups in total. The lowest BCUT2D eigenvalue weighted by molar-refractivity contribution is -0.137. The molecule has 0 radical (unpaired) electrons. The van der Waals surface area contributed by atoms with Crippen molar-refractivity contribution in [2.24, 2.45) is 0 Å². The highest BCUT2D eigenvalue weighted by Crippen LogP contribution is 2.33. The van der Waals surface area contributed by atoms with Gasteiger partial charge in [0.2, 0.25) is 0 Å². The summed E-state index contributed by atoms with van der Waals surface area (Å²) in [6, 6.07) is 3.35. The van der Waals surface area contributed by atoms with Crippen LogP contribution in [0, 0.1) is 18.8 Å². The minimum atomic E-state index is -4.51. The molecule has 0 aliphatic heterocycles. The molecule has 25 heavy (non-hydrogen) atoms. The Balaban J connectivity index is 2.11. The Morgan fingerprint density at radius 1 is 1.24 bits per heavy atom. The molecule has 8 heteroatoms. The second-order valence-electron chi connectivity index (χ2n) is 5.36. The second kappa shape index (κ2) is 7.94. The van der Waals surface area contributed by atoms with Gasteiger partial charge in [0.25, 0.3) is 0 Å². The molecule has 2 rings (SSSR count). The molecule has 0 amide bonds. The number of rotatable bonds is 3. The van der Waals surface area contributed by atoms with Crippen LogP contribution in [0.15, 0.2) is 24.5 Å². The molecule has 1 aromatic heterocycles. The maximum atomic E-state index is 13.0. The lowest BCUT2D eigenvalue weighted by atomic mass is 10.1. The number of anilines is 1. The van der Waals surface area contributed by atoms with E-state index in [1.54, 1.807) is 6.92 Å². The predicted molar refractivity (Wildman–Crippen MR) is 92.8 cm³/mol. The molecule has 1 aromatic carbocycles. The van der Waals surface area contributed by atoms with Gasteiger partial charge in [-0.2, -0.15) is 13.2 Å².